The Labute approximate surface area is 164 Å². The monoisotopic (exact) mass is 396 g/mol. The fraction of sp³-hybridized carbons (Fsp3) is 0.0476. The quantitative estimate of drug-likeness (QED) is 0.491. The molecule has 0 saturated carbocycles. The summed E-state index contributed by atoms with van der Waals surface area (Å²) in [7, 11) is 1.54. The van der Waals surface area contributed by atoms with Gasteiger partial charge in [0.1, 0.15) is 17.1 Å². The van der Waals surface area contributed by atoms with Gasteiger partial charge in [-0.05, 0) is 54.6 Å². The number of carbonyl (C=O) groups excluding carboxylic acids is 1. The van der Waals surface area contributed by atoms with Crippen molar-refractivity contribution in [3.8, 4) is 17.2 Å². The number of oxazole rings is 1. The minimum absolute atomic E-state index is 0.230. The molecule has 0 atom stereocenters. The van der Waals surface area contributed by atoms with Crippen LogP contribution < -0.4 is 10.1 Å². The molecule has 140 valence electrons. The first-order valence-electron chi connectivity index (χ1n) is 8.35. The normalized spacial score (nSPS) is 10.8. The van der Waals surface area contributed by atoms with E-state index >= 15 is 0 Å². The number of fused-ring (bicyclic) bond motifs is 1. The number of anilines is 1. The Morgan fingerprint density at radius 1 is 1.14 bits per heavy atom. The van der Waals surface area contributed by atoms with Crippen LogP contribution in [0.1, 0.15) is 10.4 Å². The molecule has 0 aliphatic heterocycles. The number of carbonyl (C=O) groups is 1. The fourth-order valence-electron chi connectivity index (χ4n) is 2.76. The maximum atomic E-state index is 13.3. The molecule has 4 rings (SSSR count). The number of methoxy groups -OCH3 is 1. The number of aromatic nitrogens is 1. The van der Waals surface area contributed by atoms with Crippen molar-refractivity contribution in [2.24, 2.45) is 0 Å². The molecule has 1 aromatic heterocycles. The Bertz CT molecular complexity index is 1190. The van der Waals surface area contributed by atoms with Crippen LogP contribution in [-0.4, -0.2) is 18.0 Å². The lowest BCUT2D eigenvalue weighted by atomic mass is 10.2. The van der Waals surface area contributed by atoms with E-state index in [4.69, 9.17) is 20.8 Å². The molecule has 0 saturated heterocycles. The van der Waals surface area contributed by atoms with Crippen LogP contribution in [0.4, 0.5) is 10.1 Å². The van der Waals surface area contributed by atoms with E-state index in [-0.39, 0.29) is 5.56 Å². The first-order chi connectivity index (χ1) is 13.5. The van der Waals surface area contributed by atoms with E-state index in [1.807, 2.05) is 0 Å². The average Bonchev–Trinajstić information content (AvgIpc) is 3.11. The van der Waals surface area contributed by atoms with Gasteiger partial charge in [-0.1, -0.05) is 17.7 Å². The maximum absolute atomic E-state index is 13.3. The summed E-state index contributed by atoms with van der Waals surface area (Å²) in [6.07, 6.45) is 0. The minimum atomic E-state index is -0.470. The predicted molar refractivity (Wildman–Crippen MR) is 105 cm³/mol. The minimum Gasteiger partial charge on any atom is -0.495 e. The molecular weight excluding hydrogens is 383 g/mol. The fourth-order valence-corrected chi connectivity index (χ4v) is 3.02. The molecule has 5 nitrogen and oxygen atoms in total. The highest BCUT2D eigenvalue weighted by atomic mass is 35.5. The van der Waals surface area contributed by atoms with Gasteiger partial charge in [0, 0.05) is 16.8 Å². The van der Waals surface area contributed by atoms with E-state index in [0.717, 1.165) is 0 Å². The number of halogens is 2. The van der Waals surface area contributed by atoms with Crippen molar-refractivity contribution in [1.82, 2.24) is 4.98 Å². The second-order valence-corrected chi connectivity index (χ2v) is 6.42. The third-order valence-corrected chi connectivity index (χ3v) is 4.43. The number of ether oxygens (including phenoxy) is 1. The lowest BCUT2D eigenvalue weighted by Gasteiger charge is -2.04. The molecular formula is C21H14ClFN2O3. The van der Waals surface area contributed by atoms with Gasteiger partial charge in [0.05, 0.1) is 12.1 Å². The average molecular weight is 397 g/mol. The summed E-state index contributed by atoms with van der Waals surface area (Å²) >= 11 is 6.16. The highest BCUT2D eigenvalue weighted by molar-refractivity contribution is 6.32. The number of amides is 1. The van der Waals surface area contributed by atoms with Crippen LogP contribution >= 0.6 is 11.6 Å². The molecule has 0 unspecified atom stereocenters. The highest BCUT2D eigenvalue weighted by Gasteiger charge is 2.13. The molecule has 3 aromatic carbocycles. The van der Waals surface area contributed by atoms with E-state index in [1.165, 1.54) is 18.2 Å². The first kappa shape index (κ1) is 18.0. The van der Waals surface area contributed by atoms with Crippen molar-refractivity contribution in [2.75, 3.05) is 12.4 Å². The standard InChI is InChI=1S/C21H14ClFN2O3/c1-27-18-7-5-13(10-16(18)22)21-25-17-11-15(6-8-19(17)28-21)24-20(26)12-3-2-4-14(23)9-12/h2-11H,1H3,(H,24,26). The first-order valence-corrected chi connectivity index (χ1v) is 8.73. The van der Waals surface area contributed by atoms with E-state index < -0.39 is 11.7 Å². The van der Waals surface area contributed by atoms with Crippen molar-refractivity contribution < 1.29 is 18.3 Å². The molecule has 1 amide bonds. The second-order valence-electron chi connectivity index (χ2n) is 6.02. The number of hydrogen-bond donors (Lipinski definition) is 1. The highest BCUT2D eigenvalue weighted by Crippen LogP contribution is 2.32. The molecule has 28 heavy (non-hydrogen) atoms. The Kier molecular flexibility index (Phi) is 4.71. The zero-order valence-corrected chi connectivity index (χ0v) is 15.5. The summed E-state index contributed by atoms with van der Waals surface area (Å²) in [4.78, 5) is 16.7. The third-order valence-electron chi connectivity index (χ3n) is 4.13. The van der Waals surface area contributed by atoms with Crippen molar-refractivity contribution >= 4 is 34.3 Å². The summed E-state index contributed by atoms with van der Waals surface area (Å²) in [5.74, 6) is 0.0731. The number of hydrogen-bond acceptors (Lipinski definition) is 4. The van der Waals surface area contributed by atoms with Crippen molar-refractivity contribution in [3.63, 3.8) is 0 Å². The van der Waals surface area contributed by atoms with Gasteiger partial charge in [0.15, 0.2) is 5.58 Å². The molecule has 1 heterocycles. The van der Waals surface area contributed by atoms with E-state index in [2.05, 4.69) is 10.3 Å². The van der Waals surface area contributed by atoms with Crippen LogP contribution in [-0.2, 0) is 0 Å². The number of benzene rings is 3. The Balaban J connectivity index is 1.61. The van der Waals surface area contributed by atoms with Gasteiger partial charge >= 0.3 is 0 Å². The Morgan fingerprint density at radius 2 is 2.00 bits per heavy atom. The number of nitrogens with one attached hydrogen (secondary N) is 1. The van der Waals surface area contributed by atoms with Gasteiger partial charge in [0.25, 0.3) is 5.91 Å². The lowest BCUT2D eigenvalue weighted by molar-refractivity contribution is 0.102. The molecule has 0 aliphatic rings. The summed E-state index contributed by atoms with van der Waals surface area (Å²) in [5, 5.41) is 3.18. The van der Waals surface area contributed by atoms with E-state index in [0.29, 0.717) is 39.0 Å². The van der Waals surface area contributed by atoms with Crippen molar-refractivity contribution in [3.05, 3.63) is 77.1 Å². The van der Waals surface area contributed by atoms with Gasteiger partial charge in [-0.15, -0.1) is 0 Å². The maximum Gasteiger partial charge on any atom is 0.255 e. The van der Waals surface area contributed by atoms with Crippen LogP contribution in [0.2, 0.25) is 5.02 Å². The topological polar surface area (TPSA) is 64.4 Å². The Hall–Kier alpha value is -3.38. The Morgan fingerprint density at radius 3 is 2.75 bits per heavy atom. The van der Waals surface area contributed by atoms with E-state index in [1.54, 1.807) is 49.6 Å². The van der Waals surface area contributed by atoms with Gasteiger partial charge in [0.2, 0.25) is 5.89 Å². The molecule has 4 aromatic rings. The van der Waals surface area contributed by atoms with Crippen LogP contribution in [0.5, 0.6) is 5.75 Å². The summed E-state index contributed by atoms with van der Waals surface area (Å²) in [5.41, 5.74) is 2.58. The molecule has 7 heteroatoms. The predicted octanol–water partition coefficient (Wildman–Crippen LogP) is 5.55. The number of nitrogens with zero attached hydrogens (tertiary/aromatic N) is 1. The SMILES string of the molecule is COc1ccc(-c2nc3cc(NC(=O)c4cccc(F)c4)ccc3o2)cc1Cl. The van der Waals surface area contributed by atoms with Gasteiger partial charge in [-0.3, -0.25) is 4.79 Å². The third kappa shape index (κ3) is 3.54. The second kappa shape index (κ2) is 7.32. The zero-order chi connectivity index (χ0) is 19.7. The molecule has 1 N–H and O–H groups in total. The van der Waals surface area contributed by atoms with Gasteiger partial charge < -0.3 is 14.5 Å². The summed E-state index contributed by atoms with van der Waals surface area (Å²) < 4.78 is 24.2. The van der Waals surface area contributed by atoms with E-state index in [9.17, 15) is 9.18 Å². The molecule has 0 spiro atoms. The summed E-state index contributed by atoms with van der Waals surface area (Å²) in [6.45, 7) is 0. The zero-order valence-electron chi connectivity index (χ0n) is 14.7. The van der Waals surface area contributed by atoms with Crippen LogP contribution in [0.15, 0.2) is 65.1 Å². The largest absolute Gasteiger partial charge is 0.495 e. The van der Waals surface area contributed by atoms with Gasteiger partial charge in [-0.2, -0.15) is 0 Å². The molecule has 0 aliphatic carbocycles. The lowest BCUT2D eigenvalue weighted by Crippen LogP contribution is -2.11. The smallest absolute Gasteiger partial charge is 0.255 e. The van der Waals surface area contributed by atoms with Gasteiger partial charge in [-0.25, -0.2) is 9.37 Å². The van der Waals surface area contributed by atoms with Crippen LogP contribution in [0, 0.1) is 5.82 Å². The van der Waals surface area contributed by atoms with Crippen LogP contribution in [0.25, 0.3) is 22.6 Å². The molecule has 0 radical (unpaired) electrons. The number of rotatable bonds is 4. The van der Waals surface area contributed by atoms with Crippen LogP contribution in [0.3, 0.4) is 0 Å². The van der Waals surface area contributed by atoms with Crippen molar-refractivity contribution in [1.29, 1.82) is 0 Å². The van der Waals surface area contributed by atoms with Crippen molar-refractivity contribution in [2.45, 2.75) is 0 Å². The summed E-state index contributed by atoms with van der Waals surface area (Å²) in [6, 6.07) is 15.8. The molecule has 0 bridgehead atoms. The molecule has 0 fully saturated rings.